The maximum atomic E-state index is 4.40. The molecule has 2 nitrogen and oxygen atoms in total. The number of rotatable bonds is 5. The van der Waals surface area contributed by atoms with Crippen molar-refractivity contribution in [3.05, 3.63) is 51.3 Å². The Balaban J connectivity index is 1.72. The van der Waals surface area contributed by atoms with E-state index < -0.39 is 0 Å². The van der Waals surface area contributed by atoms with Crippen molar-refractivity contribution in [2.45, 2.75) is 32.7 Å². The Hall–Kier alpha value is -1.23. The van der Waals surface area contributed by atoms with Crippen LogP contribution in [0.2, 0.25) is 0 Å². The number of benzene rings is 1. The van der Waals surface area contributed by atoms with E-state index in [9.17, 15) is 0 Å². The van der Waals surface area contributed by atoms with E-state index in [0.29, 0.717) is 12.0 Å². The number of aryl methyl sites for hydroxylation is 1. The fourth-order valence-corrected chi connectivity index (χ4v) is 4.55. The first-order valence-electron chi connectivity index (χ1n) is 7.27. The van der Waals surface area contributed by atoms with E-state index >= 15 is 0 Å². The van der Waals surface area contributed by atoms with Crippen LogP contribution in [0, 0.1) is 6.92 Å². The molecule has 0 saturated carbocycles. The Bertz CT molecular complexity index is 716. The number of nitrogens with zero attached hydrogens (tertiary/aromatic N) is 1. The minimum atomic E-state index is 0.379. The predicted octanol–water partition coefficient (Wildman–Crippen LogP) is 5.12. The fraction of sp³-hybridized carbons (Fsp3) is 0.353. The zero-order valence-corrected chi connectivity index (χ0v) is 14.2. The summed E-state index contributed by atoms with van der Waals surface area (Å²) in [7, 11) is 0. The summed E-state index contributed by atoms with van der Waals surface area (Å²) in [6, 6.07) is 9.04. The molecule has 3 rings (SSSR count). The van der Waals surface area contributed by atoms with Gasteiger partial charge in [0, 0.05) is 39.7 Å². The summed E-state index contributed by atoms with van der Waals surface area (Å²) in [5, 5.41) is 8.31. The Kier molecular flexibility index (Phi) is 4.38. The number of aromatic nitrogens is 1. The molecular formula is C17H20N2S2. The number of thiazole rings is 1. The highest BCUT2D eigenvalue weighted by Crippen LogP contribution is 2.34. The van der Waals surface area contributed by atoms with E-state index in [1.165, 1.54) is 25.5 Å². The molecule has 2 atom stereocenters. The summed E-state index contributed by atoms with van der Waals surface area (Å²) in [5.41, 5.74) is 1.41. The van der Waals surface area contributed by atoms with E-state index in [0.717, 1.165) is 6.54 Å². The molecule has 1 aromatic carbocycles. The van der Waals surface area contributed by atoms with Crippen molar-refractivity contribution < 1.29 is 0 Å². The van der Waals surface area contributed by atoms with Gasteiger partial charge >= 0.3 is 0 Å². The van der Waals surface area contributed by atoms with Crippen LogP contribution in [0.25, 0.3) is 10.1 Å². The Labute approximate surface area is 133 Å². The molecule has 2 aromatic heterocycles. The van der Waals surface area contributed by atoms with Gasteiger partial charge in [0.2, 0.25) is 0 Å². The van der Waals surface area contributed by atoms with Gasteiger partial charge in [-0.1, -0.05) is 25.1 Å². The third kappa shape index (κ3) is 3.03. The van der Waals surface area contributed by atoms with Gasteiger partial charge in [-0.15, -0.1) is 22.7 Å². The SMILES string of the molecule is Cc1c(C(C)NCC(C)c2nccs2)sc2ccccc12. The summed E-state index contributed by atoms with van der Waals surface area (Å²) < 4.78 is 1.38. The van der Waals surface area contributed by atoms with Crippen LogP contribution in [0.5, 0.6) is 0 Å². The first-order chi connectivity index (χ1) is 10.2. The van der Waals surface area contributed by atoms with Crippen LogP contribution in [0.3, 0.4) is 0 Å². The summed E-state index contributed by atoms with van der Waals surface area (Å²) in [5.74, 6) is 0.460. The predicted molar refractivity (Wildman–Crippen MR) is 93.5 cm³/mol. The molecule has 1 N–H and O–H groups in total. The van der Waals surface area contributed by atoms with Crippen LogP contribution in [-0.2, 0) is 0 Å². The summed E-state index contributed by atoms with van der Waals surface area (Å²) in [4.78, 5) is 5.85. The standard InChI is InChI=1S/C17H20N2S2/c1-11(17-18-8-9-20-17)10-19-13(3)16-12(2)14-6-4-5-7-15(14)21-16/h4-9,11,13,19H,10H2,1-3H3. The molecule has 21 heavy (non-hydrogen) atoms. The molecule has 0 aliphatic rings. The van der Waals surface area contributed by atoms with Crippen molar-refractivity contribution in [2.75, 3.05) is 6.54 Å². The average Bonchev–Trinajstić information content (AvgIpc) is 3.13. The van der Waals surface area contributed by atoms with Crippen molar-refractivity contribution in [3.63, 3.8) is 0 Å². The highest BCUT2D eigenvalue weighted by molar-refractivity contribution is 7.19. The molecule has 0 radical (unpaired) electrons. The van der Waals surface area contributed by atoms with Gasteiger partial charge in [0.15, 0.2) is 0 Å². The molecule has 0 amide bonds. The quantitative estimate of drug-likeness (QED) is 0.706. The molecule has 3 aromatic rings. The van der Waals surface area contributed by atoms with Crippen molar-refractivity contribution in [3.8, 4) is 0 Å². The molecule has 0 aliphatic carbocycles. The Morgan fingerprint density at radius 2 is 2.05 bits per heavy atom. The van der Waals surface area contributed by atoms with Crippen LogP contribution in [0.15, 0.2) is 35.8 Å². The molecule has 4 heteroatoms. The van der Waals surface area contributed by atoms with E-state index in [1.54, 1.807) is 11.3 Å². The number of hydrogen-bond acceptors (Lipinski definition) is 4. The lowest BCUT2D eigenvalue weighted by atomic mass is 10.1. The van der Waals surface area contributed by atoms with Gasteiger partial charge in [-0.2, -0.15) is 0 Å². The number of hydrogen-bond donors (Lipinski definition) is 1. The highest BCUT2D eigenvalue weighted by Gasteiger charge is 2.16. The Morgan fingerprint density at radius 3 is 2.76 bits per heavy atom. The van der Waals surface area contributed by atoms with Crippen LogP contribution in [0.4, 0.5) is 0 Å². The van der Waals surface area contributed by atoms with Gasteiger partial charge < -0.3 is 5.32 Å². The van der Waals surface area contributed by atoms with Gasteiger partial charge in [-0.05, 0) is 30.9 Å². The summed E-state index contributed by atoms with van der Waals surface area (Å²) in [6.45, 7) is 7.68. The second-order valence-electron chi connectivity index (χ2n) is 5.49. The van der Waals surface area contributed by atoms with Crippen LogP contribution >= 0.6 is 22.7 Å². The molecule has 110 valence electrons. The van der Waals surface area contributed by atoms with Crippen LogP contribution in [0.1, 0.15) is 41.3 Å². The van der Waals surface area contributed by atoms with E-state index in [4.69, 9.17) is 0 Å². The lowest BCUT2D eigenvalue weighted by molar-refractivity contribution is 0.540. The summed E-state index contributed by atoms with van der Waals surface area (Å²) >= 11 is 3.64. The molecule has 2 heterocycles. The topological polar surface area (TPSA) is 24.9 Å². The minimum absolute atomic E-state index is 0.379. The zero-order valence-electron chi connectivity index (χ0n) is 12.6. The molecule has 0 aliphatic heterocycles. The average molecular weight is 316 g/mol. The first-order valence-corrected chi connectivity index (χ1v) is 8.97. The maximum Gasteiger partial charge on any atom is 0.0965 e. The van der Waals surface area contributed by atoms with Crippen molar-refractivity contribution in [1.82, 2.24) is 10.3 Å². The number of nitrogens with one attached hydrogen (secondary N) is 1. The molecule has 0 saturated heterocycles. The monoisotopic (exact) mass is 316 g/mol. The van der Waals surface area contributed by atoms with E-state index in [-0.39, 0.29) is 0 Å². The lowest BCUT2D eigenvalue weighted by Gasteiger charge is -2.16. The largest absolute Gasteiger partial charge is 0.309 e. The molecule has 2 unspecified atom stereocenters. The fourth-order valence-electron chi connectivity index (χ4n) is 2.62. The van der Waals surface area contributed by atoms with E-state index in [1.807, 2.05) is 22.9 Å². The van der Waals surface area contributed by atoms with Gasteiger partial charge in [0.1, 0.15) is 0 Å². The van der Waals surface area contributed by atoms with Gasteiger partial charge in [-0.25, -0.2) is 4.98 Å². The second kappa shape index (κ2) is 6.26. The van der Waals surface area contributed by atoms with Crippen molar-refractivity contribution in [2.24, 2.45) is 0 Å². The van der Waals surface area contributed by atoms with Gasteiger partial charge in [0.05, 0.1) is 5.01 Å². The zero-order chi connectivity index (χ0) is 14.8. The molecule has 0 fully saturated rings. The molecule has 0 bridgehead atoms. The van der Waals surface area contributed by atoms with Crippen LogP contribution in [-0.4, -0.2) is 11.5 Å². The lowest BCUT2D eigenvalue weighted by Crippen LogP contribution is -2.23. The number of fused-ring (bicyclic) bond motifs is 1. The third-order valence-corrected chi connectivity index (χ3v) is 6.34. The van der Waals surface area contributed by atoms with E-state index in [2.05, 4.69) is 55.3 Å². The molecule has 0 spiro atoms. The minimum Gasteiger partial charge on any atom is -0.309 e. The Morgan fingerprint density at radius 1 is 1.24 bits per heavy atom. The maximum absolute atomic E-state index is 4.40. The van der Waals surface area contributed by atoms with Crippen molar-refractivity contribution >= 4 is 32.8 Å². The normalized spacial score (nSPS) is 14.4. The third-order valence-electron chi connectivity index (χ3n) is 3.88. The van der Waals surface area contributed by atoms with Crippen molar-refractivity contribution in [1.29, 1.82) is 0 Å². The smallest absolute Gasteiger partial charge is 0.0965 e. The highest BCUT2D eigenvalue weighted by atomic mass is 32.1. The van der Waals surface area contributed by atoms with Gasteiger partial charge in [-0.3, -0.25) is 0 Å². The first kappa shape index (κ1) is 14.7. The molecular weight excluding hydrogens is 296 g/mol. The number of thiophene rings is 1. The van der Waals surface area contributed by atoms with Gasteiger partial charge in [0.25, 0.3) is 0 Å². The summed E-state index contributed by atoms with van der Waals surface area (Å²) in [6.07, 6.45) is 1.88. The van der Waals surface area contributed by atoms with Crippen LogP contribution < -0.4 is 5.32 Å². The second-order valence-corrected chi connectivity index (χ2v) is 7.50.